The third-order valence-corrected chi connectivity index (χ3v) is 2.54. The van der Waals surface area contributed by atoms with Crippen LogP contribution < -0.4 is 5.32 Å². The van der Waals surface area contributed by atoms with Crippen molar-refractivity contribution in [3.05, 3.63) is 30.1 Å². The van der Waals surface area contributed by atoms with Gasteiger partial charge in [-0.15, -0.1) is 0 Å². The van der Waals surface area contributed by atoms with Gasteiger partial charge in [-0.3, -0.25) is 4.98 Å². The molecule has 0 radical (unpaired) electrons. The van der Waals surface area contributed by atoms with Crippen molar-refractivity contribution in [3.63, 3.8) is 0 Å². The van der Waals surface area contributed by atoms with Gasteiger partial charge in [0.2, 0.25) is 0 Å². The Morgan fingerprint density at radius 3 is 2.47 bits per heavy atom. The van der Waals surface area contributed by atoms with E-state index in [1.807, 2.05) is 19.1 Å². The van der Waals surface area contributed by atoms with Crippen LogP contribution in [0, 0.1) is 0 Å². The monoisotopic (exact) mass is 246 g/mol. The predicted molar refractivity (Wildman–Crippen MR) is 60.6 cm³/mol. The number of unbranched alkanes of at least 4 members (excludes halogenated alkanes) is 1. The lowest BCUT2D eigenvalue weighted by Crippen LogP contribution is -2.20. The highest BCUT2D eigenvalue weighted by molar-refractivity contribution is 5.13. The van der Waals surface area contributed by atoms with Crippen LogP contribution in [0.3, 0.4) is 0 Å². The van der Waals surface area contributed by atoms with Gasteiger partial charge in [0.25, 0.3) is 0 Å². The van der Waals surface area contributed by atoms with Crippen LogP contribution in [0.2, 0.25) is 0 Å². The Morgan fingerprint density at radius 1 is 1.24 bits per heavy atom. The quantitative estimate of drug-likeness (QED) is 0.777. The summed E-state index contributed by atoms with van der Waals surface area (Å²) in [4.78, 5) is 3.91. The molecule has 0 aliphatic carbocycles. The summed E-state index contributed by atoms with van der Waals surface area (Å²) in [5, 5.41) is 3.19. The smallest absolute Gasteiger partial charge is 0.310 e. The van der Waals surface area contributed by atoms with Gasteiger partial charge in [-0.1, -0.05) is 0 Å². The van der Waals surface area contributed by atoms with Crippen molar-refractivity contribution in [1.82, 2.24) is 10.3 Å². The minimum Gasteiger partial charge on any atom is -0.310 e. The number of alkyl halides is 3. The SMILES string of the molecule is CC(NCCCCC(F)(F)F)c1ccncc1. The minimum absolute atomic E-state index is 0.142. The van der Waals surface area contributed by atoms with E-state index in [1.54, 1.807) is 12.4 Å². The fraction of sp³-hybridized carbons (Fsp3) is 0.583. The van der Waals surface area contributed by atoms with Crippen molar-refractivity contribution in [2.75, 3.05) is 6.54 Å². The molecule has 0 aliphatic heterocycles. The average molecular weight is 246 g/mol. The van der Waals surface area contributed by atoms with Crippen LogP contribution in [0.5, 0.6) is 0 Å². The molecule has 0 amide bonds. The standard InChI is InChI=1S/C12H17F3N2/c1-10(11-4-8-16-9-5-11)17-7-3-2-6-12(13,14)15/h4-5,8-10,17H,2-3,6-7H2,1H3. The Morgan fingerprint density at radius 2 is 1.88 bits per heavy atom. The highest BCUT2D eigenvalue weighted by atomic mass is 19.4. The van der Waals surface area contributed by atoms with Crippen molar-refractivity contribution in [2.24, 2.45) is 0 Å². The number of hydrogen-bond donors (Lipinski definition) is 1. The Balaban J connectivity index is 2.15. The summed E-state index contributed by atoms with van der Waals surface area (Å²) in [6.45, 7) is 2.58. The lowest BCUT2D eigenvalue weighted by molar-refractivity contribution is -0.135. The molecule has 1 N–H and O–H groups in total. The molecule has 5 heteroatoms. The van der Waals surface area contributed by atoms with E-state index in [0.717, 1.165) is 5.56 Å². The summed E-state index contributed by atoms with van der Waals surface area (Å²) in [5.41, 5.74) is 1.09. The predicted octanol–water partition coefficient (Wildman–Crippen LogP) is 3.46. The lowest BCUT2D eigenvalue weighted by Gasteiger charge is -2.14. The molecule has 2 nitrogen and oxygen atoms in total. The molecule has 0 fully saturated rings. The van der Waals surface area contributed by atoms with Crippen LogP contribution in [0.15, 0.2) is 24.5 Å². The maximum atomic E-state index is 11.9. The lowest BCUT2D eigenvalue weighted by atomic mass is 10.1. The van der Waals surface area contributed by atoms with Crippen LogP contribution in [0.25, 0.3) is 0 Å². The summed E-state index contributed by atoms with van der Waals surface area (Å²) in [5.74, 6) is 0. The Bertz CT molecular complexity index is 311. The van der Waals surface area contributed by atoms with Gasteiger partial charge in [0.15, 0.2) is 0 Å². The number of rotatable bonds is 6. The molecular formula is C12H17F3N2. The number of aromatic nitrogens is 1. The average Bonchev–Trinajstić information content (AvgIpc) is 2.28. The van der Waals surface area contributed by atoms with Gasteiger partial charge in [0.1, 0.15) is 0 Å². The largest absolute Gasteiger partial charge is 0.389 e. The van der Waals surface area contributed by atoms with Gasteiger partial charge in [0, 0.05) is 24.9 Å². The van der Waals surface area contributed by atoms with E-state index in [-0.39, 0.29) is 12.5 Å². The number of pyridine rings is 1. The Kier molecular flexibility index (Phi) is 5.41. The molecule has 1 rings (SSSR count). The van der Waals surface area contributed by atoms with E-state index in [9.17, 15) is 13.2 Å². The molecule has 0 aliphatic rings. The minimum atomic E-state index is -4.03. The normalized spacial score (nSPS) is 13.6. The molecule has 96 valence electrons. The molecule has 1 unspecified atom stereocenters. The van der Waals surface area contributed by atoms with E-state index in [4.69, 9.17) is 0 Å². The van der Waals surface area contributed by atoms with E-state index >= 15 is 0 Å². The van der Waals surface area contributed by atoms with Crippen LogP contribution in [-0.4, -0.2) is 17.7 Å². The van der Waals surface area contributed by atoms with Gasteiger partial charge < -0.3 is 5.32 Å². The molecule has 1 heterocycles. The van der Waals surface area contributed by atoms with Crippen LogP contribution >= 0.6 is 0 Å². The number of nitrogens with zero attached hydrogens (tertiary/aromatic N) is 1. The van der Waals surface area contributed by atoms with Crippen LogP contribution in [-0.2, 0) is 0 Å². The molecule has 1 aromatic heterocycles. The zero-order valence-electron chi connectivity index (χ0n) is 9.80. The molecule has 1 atom stereocenters. The maximum Gasteiger partial charge on any atom is 0.389 e. The van der Waals surface area contributed by atoms with Crippen molar-refractivity contribution in [3.8, 4) is 0 Å². The van der Waals surface area contributed by atoms with Gasteiger partial charge >= 0.3 is 6.18 Å². The first-order chi connectivity index (χ1) is 7.99. The van der Waals surface area contributed by atoms with E-state index in [2.05, 4.69) is 10.3 Å². The fourth-order valence-electron chi connectivity index (χ4n) is 1.54. The summed E-state index contributed by atoms with van der Waals surface area (Å²) in [7, 11) is 0. The molecule has 1 aromatic rings. The highest BCUT2D eigenvalue weighted by Crippen LogP contribution is 2.22. The van der Waals surface area contributed by atoms with Crippen molar-refractivity contribution in [2.45, 2.75) is 38.4 Å². The molecule has 0 bridgehead atoms. The van der Waals surface area contributed by atoms with Crippen molar-refractivity contribution >= 4 is 0 Å². The van der Waals surface area contributed by atoms with E-state index in [1.165, 1.54) is 0 Å². The summed E-state index contributed by atoms with van der Waals surface area (Å²) in [6.07, 6.45) is -0.599. The third-order valence-electron chi connectivity index (χ3n) is 2.54. The number of nitrogens with one attached hydrogen (secondary N) is 1. The van der Waals surface area contributed by atoms with E-state index < -0.39 is 12.6 Å². The molecule has 0 aromatic carbocycles. The summed E-state index contributed by atoms with van der Waals surface area (Å²) < 4.78 is 35.6. The molecule has 17 heavy (non-hydrogen) atoms. The van der Waals surface area contributed by atoms with Crippen LogP contribution in [0.1, 0.15) is 37.8 Å². The van der Waals surface area contributed by atoms with Gasteiger partial charge in [0.05, 0.1) is 0 Å². The summed E-state index contributed by atoms with van der Waals surface area (Å²) in [6, 6.07) is 3.93. The van der Waals surface area contributed by atoms with Gasteiger partial charge in [-0.25, -0.2) is 0 Å². The van der Waals surface area contributed by atoms with Crippen molar-refractivity contribution < 1.29 is 13.2 Å². The molecule has 0 saturated carbocycles. The van der Waals surface area contributed by atoms with Crippen molar-refractivity contribution in [1.29, 1.82) is 0 Å². The van der Waals surface area contributed by atoms with Crippen LogP contribution in [0.4, 0.5) is 13.2 Å². The van der Waals surface area contributed by atoms with Gasteiger partial charge in [-0.2, -0.15) is 13.2 Å². The van der Waals surface area contributed by atoms with Gasteiger partial charge in [-0.05, 0) is 44.0 Å². The Labute approximate surface area is 99.3 Å². The maximum absolute atomic E-state index is 11.9. The zero-order valence-corrected chi connectivity index (χ0v) is 9.80. The third kappa shape index (κ3) is 6.26. The molecule has 0 spiro atoms. The molecule has 0 saturated heterocycles. The second-order valence-electron chi connectivity index (χ2n) is 4.03. The number of hydrogen-bond acceptors (Lipinski definition) is 2. The highest BCUT2D eigenvalue weighted by Gasteiger charge is 2.25. The van der Waals surface area contributed by atoms with E-state index in [0.29, 0.717) is 13.0 Å². The Hall–Kier alpha value is -1.10. The zero-order chi connectivity index (χ0) is 12.7. The first-order valence-electron chi connectivity index (χ1n) is 5.69. The second-order valence-corrected chi connectivity index (χ2v) is 4.03. The fourth-order valence-corrected chi connectivity index (χ4v) is 1.54. The topological polar surface area (TPSA) is 24.9 Å². The first kappa shape index (κ1) is 14.0. The molecular weight excluding hydrogens is 229 g/mol. The first-order valence-corrected chi connectivity index (χ1v) is 5.69. The number of halogens is 3. The summed E-state index contributed by atoms with van der Waals surface area (Å²) >= 11 is 0. The second kappa shape index (κ2) is 6.59.